The van der Waals surface area contributed by atoms with Crippen molar-refractivity contribution in [3.8, 4) is 5.75 Å². The van der Waals surface area contributed by atoms with Crippen LogP contribution in [-0.2, 0) is 16.2 Å². The molecule has 6 nitrogen and oxygen atoms in total. The number of nitrogens with one attached hydrogen (secondary N) is 2. The summed E-state index contributed by atoms with van der Waals surface area (Å²) in [4.78, 5) is 23.3. The summed E-state index contributed by atoms with van der Waals surface area (Å²) in [5.74, 6) is -1.04. The summed E-state index contributed by atoms with van der Waals surface area (Å²) < 4.78 is 5.80. The zero-order valence-corrected chi connectivity index (χ0v) is 16.8. The summed E-state index contributed by atoms with van der Waals surface area (Å²) in [6, 6.07) is 10.3. The average molecular weight is 441 g/mol. The minimum Gasteiger partial charge on any atom is -0.488 e. The maximum absolute atomic E-state index is 11.7. The number of carbonyl (C=O) groups excluding carboxylic acids is 2. The van der Waals surface area contributed by atoms with Gasteiger partial charge in [0.2, 0.25) is 0 Å². The van der Waals surface area contributed by atoms with Crippen LogP contribution in [0.1, 0.15) is 24.0 Å². The number of amides is 2. The predicted octanol–water partition coefficient (Wildman–Crippen LogP) is 3.95. The maximum Gasteiger partial charge on any atom is 0.329 e. The molecular formula is C19H16Cl3N3O3. The maximum atomic E-state index is 11.7. The first-order valence-corrected chi connectivity index (χ1v) is 9.56. The van der Waals surface area contributed by atoms with Crippen LogP contribution in [0, 0.1) is 0 Å². The summed E-state index contributed by atoms with van der Waals surface area (Å²) in [5, 5.41) is 7.76. The molecule has 0 bridgehead atoms. The van der Waals surface area contributed by atoms with Crippen molar-refractivity contribution in [2.45, 2.75) is 25.5 Å². The Morgan fingerprint density at radius 2 is 1.86 bits per heavy atom. The molecule has 0 heterocycles. The van der Waals surface area contributed by atoms with Crippen LogP contribution in [0.4, 0.5) is 0 Å². The van der Waals surface area contributed by atoms with Crippen LogP contribution in [0.25, 0.3) is 0 Å². The summed E-state index contributed by atoms with van der Waals surface area (Å²) in [7, 11) is 0. The topological polar surface area (TPSA) is 79.8 Å². The molecule has 3 rings (SSSR count). The molecule has 0 spiro atoms. The molecule has 0 radical (unpaired) electrons. The second-order valence-electron chi connectivity index (χ2n) is 6.17. The first kappa shape index (κ1) is 20.5. The van der Waals surface area contributed by atoms with Gasteiger partial charge in [-0.3, -0.25) is 9.59 Å². The molecule has 1 aliphatic rings. The highest BCUT2D eigenvalue weighted by Gasteiger charge is 2.26. The quantitative estimate of drug-likeness (QED) is 0.405. The van der Waals surface area contributed by atoms with Crippen molar-refractivity contribution < 1.29 is 14.3 Å². The summed E-state index contributed by atoms with van der Waals surface area (Å²) in [6.07, 6.45) is 3.15. The average Bonchev–Trinajstić information content (AvgIpc) is 3.47. The molecular weight excluding hydrogens is 425 g/mol. The predicted molar refractivity (Wildman–Crippen MR) is 109 cm³/mol. The fraction of sp³-hybridized carbons (Fsp3) is 0.211. The van der Waals surface area contributed by atoms with Crippen molar-refractivity contribution in [1.82, 2.24) is 10.7 Å². The van der Waals surface area contributed by atoms with Crippen molar-refractivity contribution in [2.24, 2.45) is 5.10 Å². The van der Waals surface area contributed by atoms with Crippen molar-refractivity contribution in [3.05, 3.63) is 62.6 Å². The van der Waals surface area contributed by atoms with Crippen molar-refractivity contribution in [2.75, 3.05) is 0 Å². The van der Waals surface area contributed by atoms with Crippen LogP contribution in [-0.4, -0.2) is 24.1 Å². The van der Waals surface area contributed by atoms with Gasteiger partial charge in [0.1, 0.15) is 12.4 Å². The van der Waals surface area contributed by atoms with E-state index in [4.69, 9.17) is 39.5 Å². The van der Waals surface area contributed by atoms with Gasteiger partial charge in [0.05, 0.1) is 16.3 Å². The smallest absolute Gasteiger partial charge is 0.329 e. The Labute approximate surface area is 176 Å². The fourth-order valence-electron chi connectivity index (χ4n) is 2.23. The lowest BCUT2D eigenvalue weighted by atomic mass is 10.2. The molecule has 146 valence electrons. The Morgan fingerprint density at radius 3 is 2.57 bits per heavy atom. The first-order chi connectivity index (χ1) is 13.4. The number of hydrogen-bond acceptors (Lipinski definition) is 4. The number of halogens is 3. The molecule has 1 fully saturated rings. The third kappa shape index (κ3) is 5.86. The van der Waals surface area contributed by atoms with E-state index in [2.05, 4.69) is 15.8 Å². The standard InChI is InChI=1S/C19H16Cl3N3O3/c20-13-2-6-17(28-10-11-1-5-15(21)16(22)7-11)12(8-13)9-23-25-19(27)18(26)24-14-3-4-14/h1-2,5-9,14H,3-4,10H2,(H,24,26)(H,25,27)/b23-9-. The molecule has 0 unspecified atom stereocenters. The summed E-state index contributed by atoms with van der Waals surface area (Å²) in [5.41, 5.74) is 3.55. The zero-order chi connectivity index (χ0) is 20.1. The number of rotatable bonds is 6. The molecule has 0 aliphatic heterocycles. The van der Waals surface area contributed by atoms with E-state index < -0.39 is 11.8 Å². The second kappa shape index (κ2) is 9.28. The van der Waals surface area contributed by atoms with Gasteiger partial charge < -0.3 is 10.1 Å². The van der Waals surface area contributed by atoms with Crippen LogP contribution in [0.15, 0.2) is 41.5 Å². The molecule has 9 heteroatoms. The minimum absolute atomic E-state index is 0.0940. The number of hydrazone groups is 1. The van der Waals surface area contributed by atoms with Crippen molar-refractivity contribution in [1.29, 1.82) is 0 Å². The number of ether oxygens (including phenoxy) is 1. The Kier molecular flexibility index (Phi) is 6.78. The van der Waals surface area contributed by atoms with E-state index in [1.54, 1.807) is 36.4 Å². The second-order valence-corrected chi connectivity index (χ2v) is 7.42. The highest BCUT2D eigenvalue weighted by molar-refractivity contribution is 6.42. The van der Waals surface area contributed by atoms with E-state index in [1.807, 2.05) is 0 Å². The van der Waals surface area contributed by atoms with Crippen molar-refractivity contribution in [3.63, 3.8) is 0 Å². The number of benzene rings is 2. The van der Waals surface area contributed by atoms with Gasteiger partial charge in [-0.15, -0.1) is 0 Å². The van der Waals surface area contributed by atoms with Gasteiger partial charge in [-0.1, -0.05) is 40.9 Å². The molecule has 2 aromatic rings. The van der Waals surface area contributed by atoms with Gasteiger partial charge in [0.25, 0.3) is 0 Å². The lowest BCUT2D eigenvalue weighted by Gasteiger charge is -2.10. The van der Waals surface area contributed by atoms with E-state index >= 15 is 0 Å². The SMILES string of the molecule is O=C(N/N=C\c1cc(Cl)ccc1OCc1ccc(Cl)c(Cl)c1)C(=O)NC1CC1. The lowest BCUT2D eigenvalue weighted by molar-refractivity contribution is -0.139. The Hall–Kier alpha value is -2.28. The van der Waals surface area contributed by atoms with Gasteiger partial charge in [-0.25, -0.2) is 5.43 Å². The van der Waals surface area contributed by atoms with E-state index in [0.29, 0.717) is 26.4 Å². The van der Waals surface area contributed by atoms with E-state index in [-0.39, 0.29) is 12.6 Å². The number of hydrogen-bond donors (Lipinski definition) is 2. The molecule has 2 amide bonds. The van der Waals surface area contributed by atoms with Crippen LogP contribution >= 0.6 is 34.8 Å². The molecule has 1 saturated carbocycles. The number of carbonyl (C=O) groups is 2. The number of nitrogens with zero attached hydrogens (tertiary/aromatic N) is 1. The summed E-state index contributed by atoms with van der Waals surface area (Å²) >= 11 is 17.9. The van der Waals surface area contributed by atoms with E-state index in [0.717, 1.165) is 18.4 Å². The first-order valence-electron chi connectivity index (χ1n) is 8.42. The van der Waals surface area contributed by atoms with Gasteiger partial charge in [0.15, 0.2) is 0 Å². The summed E-state index contributed by atoms with van der Waals surface area (Å²) in [6.45, 7) is 0.246. The highest BCUT2D eigenvalue weighted by atomic mass is 35.5. The monoisotopic (exact) mass is 439 g/mol. The molecule has 0 atom stereocenters. The van der Waals surface area contributed by atoms with Crippen LogP contribution in [0.5, 0.6) is 5.75 Å². The fourth-order valence-corrected chi connectivity index (χ4v) is 2.73. The van der Waals surface area contributed by atoms with Crippen molar-refractivity contribution >= 4 is 52.8 Å². The molecule has 0 saturated heterocycles. The third-order valence-corrected chi connectivity index (χ3v) is 4.81. The van der Waals surface area contributed by atoms with Gasteiger partial charge >= 0.3 is 11.8 Å². The highest BCUT2D eigenvalue weighted by Crippen LogP contribution is 2.25. The van der Waals surface area contributed by atoms with Gasteiger partial charge in [-0.05, 0) is 48.7 Å². The van der Waals surface area contributed by atoms with E-state index in [1.165, 1.54) is 6.21 Å². The molecule has 28 heavy (non-hydrogen) atoms. The Morgan fingerprint density at radius 1 is 1.07 bits per heavy atom. The minimum atomic E-state index is -0.830. The van der Waals surface area contributed by atoms with Crippen LogP contribution < -0.4 is 15.5 Å². The normalized spacial score (nSPS) is 13.4. The lowest BCUT2D eigenvalue weighted by Crippen LogP contribution is -2.38. The van der Waals surface area contributed by atoms with Gasteiger partial charge in [-0.2, -0.15) is 5.10 Å². The Balaban J connectivity index is 1.63. The molecule has 1 aliphatic carbocycles. The third-order valence-electron chi connectivity index (χ3n) is 3.84. The molecule has 2 aromatic carbocycles. The van der Waals surface area contributed by atoms with Crippen LogP contribution in [0.2, 0.25) is 15.1 Å². The Bertz CT molecular complexity index is 930. The van der Waals surface area contributed by atoms with Crippen LogP contribution in [0.3, 0.4) is 0 Å². The molecule has 2 N–H and O–H groups in total. The van der Waals surface area contributed by atoms with E-state index in [9.17, 15) is 9.59 Å². The largest absolute Gasteiger partial charge is 0.488 e. The zero-order valence-electron chi connectivity index (χ0n) is 14.5. The van der Waals surface area contributed by atoms with Gasteiger partial charge in [0, 0.05) is 16.6 Å². The molecule has 0 aromatic heterocycles.